The summed E-state index contributed by atoms with van der Waals surface area (Å²) in [6.45, 7) is 1.90. The van der Waals surface area contributed by atoms with Crippen molar-refractivity contribution >= 4 is 21.7 Å². The van der Waals surface area contributed by atoms with Gasteiger partial charge in [-0.25, -0.2) is 8.42 Å². The summed E-state index contributed by atoms with van der Waals surface area (Å²) in [4.78, 5) is 12.1. The van der Waals surface area contributed by atoms with Crippen molar-refractivity contribution in [2.24, 2.45) is 0 Å². The van der Waals surface area contributed by atoms with Crippen LogP contribution in [0, 0.1) is 6.92 Å². The normalized spacial score (nSPS) is 18.5. The second-order valence-electron chi connectivity index (χ2n) is 5.47. The van der Waals surface area contributed by atoms with Crippen LogP contribution in [0.4, 0.5) is 5.69 Å². The summed E-state index contributed by atoms with van der Waals surface area (Å²) >= 11 is 0. The minimum Gasteiger partial charge on any atom is -0.469 e. The molecule has 0 radical (unpaired) electrons. The fourth-order valence-corrected chi connectivity index (χ4v) is 4.76. The lowest BCUT2D eigenvalue weighted by molar-refractivity contribution is -0.141. The maximum Gasteiger partial charge on any atom is 0.307 e. The lowest BCUT2D eigenvalue weighted by atomic mass is 10.0. The highest BCUT2D eigenvalue weighted by molar-refractivity contribution is 7.93. The van der Waals surface area contributed by atoms with Crippen LogP contribution in [-0.4, -0.2) is 21.5 Å². The Labute approximate surface area is 135 Å². The number of hydrogen-bond donors (Lipinski definition) is 0. The molecule has 0 aromatic heterocycles. The van der Waals surface area contributed by atoms with Gasteiger partial charge in [0.05, 0.1) is 30.2 Å². The van der Waals surface area contributed by atoms with Gasteiger partial charge in [-0.2, -0.15) is 0 Å². The molecule has 1 atom stereocenters. The van der Waals surface area contributed by atoms with Gasteiger partial charge in [-0.05, 0) is 30.7 Å². The molecule has 0 bridgehead atoms. The lowest BCUT2D eigenvalue weighted by Crippen LogP contribution is -2.29. The molecule has 6 heteroatoms. The first-order chi connectivity index (χ1) is 10.9. The second kappa shape index (κ2) is 5.70. The van der Waals surface area contributed by atoms with E-state index in [-0.39, 0.29) is 11.3 Å². The predicted molar refractivity (Wildman–Crippen MR) is 86.7 cm³/mol. The lowest BCUT2D eigenvalue weighted by Gasteiger charge is -2.25. The summed E-state index contributed by atoms with van der Waals surface area (Å²) in [5.41, 5.74) is 2.12. The maximum atomic E-state index is 13.0. The Hall–Kier alpha value is -2.34. The Balaban J connectivity index is 2.19. The van der Waals surface area contributed by atoms with Gasteiger partial charge in [-0.3, -0.25) is 9.10 Å². The van der Waals surface area contributed by atoms with Crippen molar-refractivity contribution in [1.82, 2.24) is 0 Å². The minimum atomic E-state index is -3.69. The van der Waals surface area contributed by atoms with Crippen LogP contribution < -0.4 is 4.31 Å². The summed E-state index contributed by atoms with van der Waals surface area (Å²) < 4.78 is 32.0. The Bertz CT molecular complexity index is 846. The number of ether oxygens (including phenoxy) is 1. The van der Waals surface area contributed by atoms with Crippen LogP contribution in [-0.2, 0) is 19.6 Å². The predicted octanol–water partition coefficient (Wildman–Crippen LogP) is 2.81. The molecule has 0 saturated heterocycles. The van der Waals surface area contributed by atoms with E-state index in [1.165, 1.54) is 11.4 Å². The number of aryl methyl sites for hydroxylation is 1. The van der Waals surface area contributed by atoms with E-state index in [0.29, 0.717) is 11.3 Å². The van der Waals surface area contributed by atoms with Crippen LogP contribution in [0.15, 0.2) is 53.4 Å². The van der Waals surface area contributed by atoms with Gasteiger partial charge < -0.3 is 4.74 Å². The quantitative estimate of drug-likeness (QED) is 0.811. The van der Waals surface area contributed by atoms with Crippen LogP contribution in [0.3, 0.4) is 0 Å². The highest BCUT2D eigenvalue weighted by Gasteiger charge is 2.43. The van der Waals surface area contributed by atoms with Gasteiger partial charge in [0.1, 0.15) is 0 Å². The van der Waals surface area contributed by atoms with Gasteiger partial charge in [-0.1, -0.05) is 35.9 Å². The molecule has 1 aliphatic rings. The van der Waals surface area contributed by atoms with E-state index in [2.05, 4.69) is 0 Å². The number of fused-ring (bicyclic) bond motifs is 1. The standard InChI is InChI=1S/C17H17NO4S/c1-12-8-9-16-14(10-12)15(11-17(19)22-2)18(23(16,20)21)13-6-4-3-5-7-13/h3-10,15H,11H2,1-2H3. The maximum absolute atomic E-state index is 13.0. The third-order valence-electron chi connectivity index (χ3n) is 3.94. The highest BCUT2D eigenvalue weighted by Crippen LogP contribution is 2.44. The molecule has 1 unspecified atom stereocenters. The van der Waals surface area contributed by atoms with E-state index in [9.17, 15) is 13.2 Å². The molecule has 2 aromatic rings. The Kier molecular flexibility index (Phi) is 3.85. The molecular formula is C17H17NO4S. The number of sulfonamides is 1. The average molecular weight is 331 g/mol. The van der Waals surface area contributed by atoms with E-state index in [0.717, 1.165) is 5.56 Å². The summed E-state index contributed by atoms with van der Waals surface area (Å²) in [5.74, 6) is -0.444. The molecule has 2 aromatic carbocycles. The van der Waals surface area contributed by atoms with Crippen LogP contribution in [0.2, 0.25) is 0 Å². The Morgan fingerprint density at radius 2 is 1.87 bits per heavy atom. The smallest absolute Gasteiger partial charge is 0.307 e. The molecule has 0 saturated carbocycles. The number of anilines is 1. The monoisotopic (exact) mass is 331 g/mol. The number of esters is 1. The van der Waals surface area contributed by atoms with E-state index in [1.54, 1.807) is 36.4 Å². The summed E-state index contributed by atoms with van der Waals surface area (Å²) in [7, 11) is -2.39. The van der Waals surface area contributed by atoms with Crippen LogP contribution in [0.5, 0.6) is 0 Å². The number of nitrogens with zero attached hydrogens (tertiary/aromatic N) is 1. The molecule has 0 aliphatic carbocycles. The summed E-state index contributed by atoms with van der Waals surface area (Å²) in [6, 6.07) is 13.4. The summed E-state index contributed by atoms with van der Waals surface area (Å²) in [6.07, 6.45) is -0.0267. The first kappa shape index (κ1) is 15.6. The first-order valence-electron chi connectivity index (χ1n) is 7.22. The summed E-state index contributed by atoms with van der Waals surface area (Å²) in [5, 5.41) is 0. The van der Waals surface area contributed by atoms with E-state index >= 15 is 0 Å². The number of carbonyl (C=O) groups excluding carboxylic acids is 1. The van der Waals surface area contributed by atoms with Crippen molar-refractivity contribution < 1.29 is 17.9 Å². The zero-order valence-corrected chi connectivity index (χ0v) is 13.7. The van der Waals surface area contributed by atoms with E-state index in [1.807, 2.05) is 19.1 Å². The number of rotatable bonds is 3. The Morgan fingerprint density at radius 1 is 1.17 bits per heavy atom. The number of carbonyl (C=O) groups is 1. The SMILES string of the molecule is COC(=O)CC1c2cc(C)ccc2S(=O)(=O)N1c1ccccc1. The van der Waals surface area contributed by atoms with Gasteiger partial charge in [0.15, 0.2) is 0 Å². The van der Waals surface area contributed by atoms with E-state index in [4.69, 9.17) is 4.74 Å². The van der Waals surface area contributed by atoms with Crippen molar-refractivity contribution in [3.8, 4) is 0 Å². The largest absolute Gasteiger partial charge is 0.469 e. The van der Waals surface area contributed by atoms with Crippen LogP contribution in [0.1, 0.15) is 23.6 Å². The molecule has 0 spiro atoms. The number of hydrogen-bond acceptors (Lipinski definition) is 4. The third kappa shape index (κ3) is 2.59. The number of para-hydroxylation sites is 1. The highest BCUT2D eigenvalue weighted by atomic mass is 32.2. The average Bonchev–Trinajstić information content (AvgIpc) is 2.75. The third-order valence-corrected chi connectivity index (χ3v) is 5.85. The van der Waals surface area contributed by atoms with Gasteiger partial charge in [0.2, 0.25) is 0 Å². The molecule has 23 heavy (non-hydrogen) atoms. The zero-order valence-electron chi connectivity index (χ0n) is 12.9. The van der Waals surface area contributed by atoms with Gasteiger partial charge in [-0.15, -0.1) is 0 Å². The van der Waals surface area contributed by atoms with Crippen molar-refractivity contribution in [3.63, 3.8) is 0 Å². The topological polar surface area (TPSA) is 63.7 Å². The number of methoxy groups -OCH3 is 1. The molecule has 1 heterocycles. The fourth-order valence-electron chi connectivity index (χ4n) is 2.89. The van der Waals surface area contributed by atoms with Gasteiger partial charge >= 0.3 is 5.97 Å². The van der Waals surface area contributed by atoms with Crippen LogP contribution in [0.25, 0.3) is 0 Å². The van der Waals surface area contributed by atoms with Gasteiger partial charge in [0, 0.05) is 0 Å². The molecule has 3 rings (SSSR count). The molecule has 0 N–H and O–H groups in total. The molecule has 1 aliphatic heterocycles. The molecular weight excluding hydrogens is 314 g/mol. The first-order valence-corrected chi connectivity index (χ1v) is 8.66. The van der Waals surface area contributed by atoms with Crippen LogP contribution >= 0.6 is 0 Å². The minimum absolute atomic E-state index is 0.0267. The molecule has 120 valence electrons. The van der Waals surface area contributed by atoms with E-state index < -0.39 is 22.0 Å². The van der Waals surface area contributed by atoms with Crippen molar-refractivity contribution in [3.05, 3.63) is 59.7 Å². The molecule has 5 nitrogen and oxygen atoms in total. The van der Waals surface area contributed by atoms with Crippen molar-refractivity contribution in [1.29, 1.82) is 0 Å². The Morgan fingerprint density at radius 3 is 2.52 bits per heavy atom. The molecule has 0 fully saturated rings. The molecule has 0 amide bonds. The zero-order chi connectivity index (χ0) is 16.6. The van der Waals surface area contributed by atoms with Crippen molar-refractivity contribution in [2.75, 3.05) is 11.4 Å². The number of benzene rings is 2. The van der Waals surface area contributed by atoms with Gasteiger partial charge in [0.25, 0.3) is 10.0 Å². The van der Waals surface area contributed by atoms with Crippen molar-refractivity contribution in [2.45, 2.75) is 24.3 Å². The fraction of sp³-hybridized carbons (Fsp3) is 0.235. The second-order valence-corrected chi connectivity index (χ2v) is 7.26.